The summed E-state index contributed by atoms with van der Waals surface area (Å²) in [6.45, 7) is 7.59. The maximum atomic E-state index is 9.71. The fraction of sp³-hybridized carbons (Fsp3) is 0.409. The third-order valence-electron chi connectivity index (χ3n) is 4.46. The van der Waals surface area contributed by atoms with Crippen LogP contribution in [-0.2, 0) is 6.42 Å². The number of phenolic OH excluding ortho intramolecular Hbond substituents is 1. The summed E-state index contributed by atoms with van der Waals surface area (Å²) < 4.78 is 10.7. The fourth-order valence-corrected chi connectivity index (χ4v) is 2.97. The van der Waals surface area contributed by atoms with E-state index >= 15 is 0 Å². The number of rotatable bonds is 8. The standard InChI is InChI=1S/C22H31N3O3/c1-6-23-22(24-12-11-17-8-9-19(26)21(14-17)28-5)25-16(3)18-13-15(2)7-10-20(18)27-4/h7-10,13-14,16,26H,6,11-12H2,1-5H3,(H2,23,24,25). The van der Waals surface area contributed by atoms with E-state index in [4.69, 9.17) is 9.47 Å². The number of nitrogens with one attached hydrogen (secondary N) is 2. The zero-order chi connectivity index (χ0) is 20.5. The van der Waals surface area contributed by atoms with Crippen LogP contribution in [0.2, 0.25) is 0 Å². The van der Waals surface area contributed by atoms with Gasteiger partial charge in [0, 0.05) is 18.7 Å². The zero-order valence-electron chi connectivity index (χ0n) is 17.4. The van der Waals surface area contributed by atoms with Crippen LogP contribution >= 0.6 is 0 Å². The molecule has 0 aliphatic heterocycles. The van der Waals surface area contributed by atoms with Crippen molar-refractivity contribution in [2.75, 3.05) is 27.3 Å². The number of hydrogen-bond acceptors (Lipinski definition) is 4. The molecule has 1 atom stereocenters. The highest BCUT2D eigenvalue weighted by molar-refractivity contribution is 5.80. The average Bonchev–Trinajstić information content (AvgIpc) is 2.69. The molecule has 3 N–H and O–H groups in total. The van der Waals surface area contributed by atoms with Crippen molar-refractivity contribution in [1.29, 1.82) is 0 Å². The van der Waals surface area contributed by atoms with Gasteiger partial charge in [0.15, 0.2) is 17.5 Å². The number of aliphatic imine (C=N–C) groups is 1. The largest absolute Gasteiger partial charge is 0.504 e. The van der Waals surface area contributed by atoms with E-state index in [0.717, 1.165) is 35.8 Å². The number of hydrogen-bond donors (Lipinski definition) is 3. The van der Waals surface area contributed by atoms with Crippen molar-refractivity contribution in [2.45, 2.75) is 33.2 Å². The van der Waals surface area contributed by atoms with Crippen LogP contribution in [0.1, 0.15) is 36.6 Å². The van der Waals surface area contributed by atoms with Crippen LogP contribution in [0.25, 0.3) is 0 Å². The highest BCUT2D eigenvalue weighted by Crippen LogP contribution is 2.27. The van der Waals surface area contributed by atoms with E-state index in [0.29, 0.717) is 12.3 Å². The van der Waals surface area contributed by atoms with E-state index in [1.165, 1.54) is 5.56 Å². The van der Waals surface area contributed by atoms with Gasteiger partial charge in [0.1, 0.15) is 5.75 Å². The normalized spacial score (nSPS) is 12.4. The smallest absolute Gasteiger partial charge is 0.191 e. The number of aryl methyl sites for hydroxylation is 1. The van der Waals surface area contributed by atoms with Crippen molar-refractivity contribution in [3.63, 3.8) is 0 Å². The van der Waals surface area contributed by atoms with E-state index in [2.05, 4.69) is 35.5 Å². The van der Waals surface area contributed by atoms with Crippen molar-refractivity contribution in [3.05, 3.63) is 53.1 Å². The number of ether oxygens (including phenoxy) is 2. The molecule has 0 amide bonds. The molecule has 0 aromatic heterocycles. The van der Waals surface area contributed by atoms with Gasteiger partial charge >= 0.3 is 0 Å². The quantitative estimate of drug-likeness (QED) is 0.478. The van der Waals surface area contributed by atoms with Gasteiger partial charge in [-0.1, -0.05) is 23.8 Å². The molecule has 2 aromatic carbocycles. The number of aromatic hydroxyl groups is 1. The predicted molar refractivity (Wildman–Crippen MR) is 114 cm³/mol. The van der Waals surface area contributed by atoms with Gasteiger partial charge in [0.25, 0.3) is 0 Å². The first-order valence-corrected chi connectivity index (χ1v) is 9.53. The first kappa shape index (κ1) is 21.4. The molecule has 2 aromatic rings. The highest BCUT2D eigenvalue weighted by Gasteiger charge is 2.13. The molecule has 2 rings (SSSR count). The summed E-state index contributed by atoms with van der Waals surface area (Å²) in [5.74, 6) is 2.24. The minimum Gasteiger partial charge on any atom is -0.504 e. The van der Waals surface area contributed by atoms with Crippen LogP contribution in [0, 0.1) is 6.92 Å². The van der Waals surface area contributed by atoms with Crippen LogP contribution in [0.15, 0.2) is 41.4 Å². The molecule has 0 radical (unpaired) electrons. The zero-order valence-corrected chi connectivity index (χ0v) is 17.4. The molecule has 1 unspecified atom stereocenters. The first-order chi connectivity index (χ1) is 13.5. The topological polar surface area (TPSA) is 75.1 Å². The molecule has 0 fully saturated rings. The first-order valence-electron chi connectivity index (χ1n) is 9.53. The molecule has 152 valence electrons. The maximum Gasteiger partial charge on any atom is 0.191 e. The number of benzene rings is 2. The van der Waals surface area contributed by atoms with E-state index in [1.807, 2.05) is 31.2 Å². The Kier molecular flexibility index (Phi) is 7.99. The number of guanidine groups is 1. The Morgan fingerprint density at radius 1 is 1.11 bits per heavy atom. The SMILES string of the molecule is CCNC(=NCCc1ccc(O)c(OC)c1)NC(C)c1cc(C)ccc1OC. The third-order valence-corrected chi connectivity index (χ3v) is 4.46. The van der Waals surface area contributed by atoms with Crippen molar-refractivity contribution in [2.24, 2.45) is 4.99 Å². The van der Waals surface area contributed by atoms with E-state index in [-0.39, 0.29) is 11.8 Å². The molecule has 28 heavy (non-hydrogen) atoms. The monoisotopic (exact) mass is 385 g/mol. The van der Waals surface area contributed by atoms with Gasteiger partial charge in [0.2, 0.25) is 0 Å². The molecule has 0 bridgehead atoms. The molecule has 6 heteroatoms. The van der Waals surface area contributed by atoms with Crippen LogP contribution in [0.5, 0.6) is 17.2 Å². The van der Waals surface area contributed by atoms with Gasteiger partial charge in [-0.2, -0.15) is 0 Å². The summed E-state index contributed by atoms with van der Waals surface area (Å²) >= 11 is 0. The highest BCUT2D eigenvalue weighted by atomic mass is 16.5. The number of phenols is 1. The van der Waals surface area contributed by atoms with Gasteiger partial charge in [-0.25, -0.2) is 0 Å². The van der Waals surface area contributed by atoms with Crippen LogP contribution < -0.4 is 20.1 Å². The Hall–Kier alpha value is -2.89. The molecule has 6 nitrogen and oxygen atoms in total. The lowest BCUT2D eigenvalue weighted by Crippen LogP contribution is -2.39. The van der Waals surface area contributed by atoms with Crippen LogP contribution in [0.4, 0.5) is 0 Å². The van der Waals surface area contributed by atoms with E-state index < -0.39 is 0 Å². The second-order valence-electron chi connectivity index (χ2n) is 6.63. The molecular formula is C22H31N3O3. The van der Waals surface area contributed by atoms with Crippen LogP contribution in [-0.4, -0.2) is 38.4 Å². The second-order valence-corrected chi connectivity index (χ2v) is 6.63. The molecular weight excluding hydrogens is 354 g/mol. The molecule has 0 heterocycles. The summed E-state index contributed by atoms with van der Waals surface area (Å²) in [5.41, 5.74) is 3.34. The van der Waals surface area contributed by atoms with Crippen molar-refractivity contribution in [3.8, 4) is 17.2 Å². The minimum absolute atomic E-state index is 0.0430. The lowest BCUT2D eigenvalue weighted by Gasteiger charge is -2.20. The summed E-state index contributed by atoms with van der Waals surface area (Å²) in [6.07, 6.45) is 0.745. The molecule has 0 saturated heterocycles. The fourth-order valence-electron chi connectivity index (χ4n) is 2.97. The van der Waals surface area contributed by atoms with Crippen molar-refractivity contribution in [1.82, 2.24) is 10.6 Å². The third kappa shape index (κ3) is 5.81. The maximum absolute atomic E-state index is 9.71. The minimum atomic E-state index is 0.0430. The van der Waals surface area contributed by atoms with Crippen LogP contribution in [0.3, 0.4) is 0 Å². The number of methoxy groups -OCH3 is 2. The lowest BCUT2D eigenvalue weighted by atomic mass is 10.0. The molecule has 0 spiro atoms. The van der Waals surface area contributed by atoms with E-state index in [1.54, 1.807) is 20.3 Å². The second kappa shape index (κ2) is 10.4. The van der Waals surface area contributed by atoms with E-state index in [9.17, 15) is 5.11 Å². The summed E-state index contributed by atoms with van der Waals surface area (Å²) in [4.78, 5) is 4.68. The molecule has 0 aliphatic rings. The Morgan fingerprint density at radius 2 is 1.86 bits per heavy atom. The Morgan fingerprint density at radius 3 is 2.54 bits per heavy atom. The van der Waals surface area contributed by atoms with Gasteiger partial charge in [0.05, 0.1) is 20.3 Å². The summed E-state index contributed by atoms with van der Waals surface area (Å²) in [5, 5.41) is 16.4. The van der Waals surface area contributed by atoms with Gasteiger partial charge in [-0.05, 0) is 51.0 Å². The Balaban J connectivity index is 2.07. The summed E-state index contributed by atoms with van der Waals surface area (Å²) in [7, 11) is 3.23. The average molecular weight is 386 g/mol. The van der Waals surface area contributed by atoms with Crippen molar-refractivity contribution < 1.29 is 14.6 Å². The summed E-state index contributed by atoms with van der Waals surface area (Å²) in [6, 6.07) is 11.6. The van der Waals surface area contributed by atoms with Crippen molar-refractivity contribution >= 4 is 5.96 Å². The van der Waals surface area contributed by atoms with Gasteiger partial charge in [-0.3, -0.25) is 4.99 Å². The van der Waals surface area contributed by atoms with Gasteiger partial charge in [-0.15, -0.1) is 0 Å². The van der Waals surface area contributed by atoms with Gasteiger partial charge < -0.3 is 25.2 Å². The number of nitrogens with zero attached hydrogens (tertiary/aromatic N) is 1. The Bertz CT molecular complexity index is 806. The Labute approximate surface area is 167 Å². The lowest BCUT2D eigenvalue weighted by molar-refractivity contribution is 0.373. The molecule has 0 saturated carbocycles. The molecule has 0 aliphatic carbocycles. The predicted octanol–water partition coefficient (Wildman–Crippen LogP) is 3.58.